The van der Waals surface area contributed by atoms with Crippen molar-refractivity contribution in [1.82, 2.24) is 5.32 Å². The summed E-state index contributed by atoms with van der Waals surface area (Å²) in [6, 6.07) is 0. The highest BCUT2D eigenvalue weighted by atomic mass is 16.5. The van der Waals surface area contributed by atoms with E-state index in [9.17, 15) is 0 Å². The SMILES string of the molecule is COCC(C)CNCC=C(C)C. The van der Waals surface area contributed by atoms with Gasteiger partial charge in [-0.3, -0.25) is 0 Å². The third-order valence-electron chi connectivity index (χ3n) is 1.60. The van der Waals surface area contributed by atoms with Crippen molar-refractivity contribution in [2.45, 2.75) is 20.8 Å². The molecule has 0 aromatic rings. The van der Waals surface area contributed by atoms with E-state index in [0.717, 1.165) is 19.7 Å². The summed E-state index contributed by atoms with van der Waals surface area (Å²) in [7, 11) is 1.74. The summed E-state index contributed by atoms with van der Waals surface area (Å²) in [4.78, 5) is 0. The fraction of sp³-hybridized carbons (Fsp3) is 0.800. The van der Waals surface area contributed by atoms with Gasteiger partial charge < -0.3 is 10.1 Å². The van der Waals surface area contributed by atoms with Crippen LogP contribution in [0.1, 0.15) is 20.8 Å². The molecule has 1 atom stereocenters. The molecule has 2 nitrogen and oxygen atoms in total. The second kappa shape index (κ2) is 7.32. The molecule has 0 aliphatic heterocycles. The fourth-order valence-corrected chi connectivity index (χ4v) is 0.949. The van der Waals surface area contributed by atoms with Crippen molar-refractivity contribution in [1.29, 1.82) is 0 Å². The Hall–Kier alpha value is -0.340. The lowest BCUT2D eigenvalue weighted by molar-refractivity contribution is 0.159. The van der Waals surface area contributed by atoms with E-state index in [-0.39, 0.29) is 0 Å². The Morgan fingerprint density at radius 2 is 2.17 bits per heavy atom. The Morgan fingerprint density at radius 1 is 1.50 bits per heavy atom. The number of methoxy groups -OCH3 is 1. The van der Waals surface area contributed by atoms with Crippen molar-refractivity contribution in [3.8, 4) is 0 Å². The van der Waals surface area contributed by atoms with Crippen LogP contribution in [0.2, 0.25) is 0 Å². The highest BCUT2D eigenvalue weighted by Crippen LogP contribution is 1.92. The molecule has 0 aromatic heterocycles. The zero-order valence-electron chi connectivity index (χ0n) is 8.68. The minimum atomic E-state index is 0.598. The van der Waals surface area contributed by atoms with E-state index in [1.807, 2.05) is 0 Å². The molecule has 2 heteroatoms. The van der Waals surface area contributed by atoms with E-state index in [2.05, 4.69) is 32.2 Å². The molecule has 0 saturated heterocycles. The summed E-state index contributed by atoms with van der Waals surface area (Å²) in [6.07, 6.45) is 2.19. The van der Waals surface area contributed by atoms with Crippen LogP contribution in [0.5, 0.6) is 0 Å². The van der Waals surface area contributed by atoms with Crippen molar-refractivity contribution < 1.29 is 4.74 Å². The van der Waals surface area contributed by atoms with E-state index in [0.29, 0.717) is 5.92 Å². The van der Waals surface area contributed by atoms with E-state index >= 15 is 0 Å². The number of allylic oxidation sites excluding steroid dienone is 1. The Morgan fingerprint density at radius 3 is 2.67 bits per heavy atom. The van der Waals surface area contributed by atoms with E-state index < -0.39 is 0 Å². The zero-order valence-corrected chi connectivity index (χ0v) is 8.68. The Bertz CT molecular complexity index is 128. The lowest BCUT2D eigenvalue weighted by Crippen LogP contribution is -2.23. The van der Waals surface area contributed by atoms with Crippen LogP contribution >= 0.6 is 0 Å². The molecule has 0 rings (SSSR count). The van der Waals surface area contributed by atoms with Crippen LogP contribution in [0, 0.1) is 5.92 Å². The first-order chi connectivity index (χ1) is 5.66. The maximum atomic E-state index is 5.03. The van der Waals surface area contributed by atoms with Crippen molar-refractivity contribution >= 4 is 0 Å². The lowest BCUT2D eigenvalue weighted by Gasteiger charge is -2.09. The molecule has 12 heavy (non-hydrogen) atoms. The van der Waals surface area contributed by atoms with Crippen LogP contribution in [0.4, 0.5) is 0 Å². The lowest BCUT2D eigenvalue weighted by atomic mass is 10.2. The maximum Gasteiger partial charge on any atom is 0.0499 e. The molecule has 1 N–H and O–H groups in total. The largest absolute Gasteiger partial charge is 0.384 e. The molecule has 0 aliphatic carbocycles. The normalized spacial score (nSPS) is 12.7. The molecule has 0 spiro atoms. The number of nitrogens with one attached hydrogen (secondary N) is 1. The summed E-state index contributed by atoms with van der Waals surface area (Å²) in [5.41, 5.74) is 1.36. The van der Waals surface area contributed by atoms with Crippen LogP contribution in [0.15, 0.2) is 11.6 Å². The average molecular weight is 171 g/mol. The Balaban J connectivity index is 3.25. The molecule has 0 aromatic carbocycles. The summed E-state index contributed by atoms with van der Waals surface area (Å²) in [5, 5.41) is 3.34. The predicted octanol–water partition coefficient (Wildman–Crippen LogP) is 1.82. The maximum absolute atomic E-state index is 5.03. The van der Waals surface area contributed by atoms with Gasteiger partial charge in [-0.05, 0) is 19.8 Å². The summed E-state index contributed by atoms with van der Waals surface area (Å²) in [5.74, 6) is 0.598. The van der Waals surface area contributed by atoms with Crippen LogP contribution in [-0.4, -0.2) is 26.8 Å². The fourth-order valence-electron chi connectivity index (χ4n) is 0.949. The van der Waals surface area contributed by atoms with Crippen molar-refractivity contribution in [3.63, 3.8) is 0 Å². The molecule has 0 fully saturated rings. The van der Waals surface area contributed by atoms with Crippen LogP contribution in [0.25, 0.3) is 0 Å². The van der Waals surface area contributed by atoms with Crippen molar-refractivity contribution in [3.05, 3.63) is 11.6 Å². The first kappa shape index (κ1) is 11.7. The Labute approximate surface area is 76.0 Å². The first-order valence-electron chi connectivity index (χ1n) is 4.49. The smallest absolute Gasteiger partial charge is 0.0499 e. The van der Waals surface area contributed by atoms with Gasteiger partial charge in [-0.2, -0.15) is 0 Å². The first-order valence-corrected chi connectivity index (χ1v) is 4.49. The predicted molar refractivity (Wildman–Crippen MR) is 53.3 cm³/mol. The summed E-state index contributed by atoms with van der Waals surface area (Å²) < 4.78 is 5.03. The van der Waals surface area contributed by atoms with Gasteiger partial charge in [-0.15, -0.1) is 0 Å². The molecule has 72 valence electrons. The monoisotopic (exact) mass is 171 g/mol. The van der Waals surface area contributed by atoms with Gasteiger partial charge in [0.1, 0.15) is 0 Å². The van der Waals surface area contributed by atoms with Gasteiger partial charge >= 0.3 is 0 Å². The number of rotatable bonds is 6. The Kier molecular flexibility index (Phi) is 7.11. The third kappa shape index (κ3) is 7.76. The minimum Gasteiger partial charge on any atom is -0.384 e. The van der Waals surface area contributed by atoms with Crippen LogP contribution in [0.3, 0.4) is 0 Å². The molecule has 0 bridgehead atoms. The molecule has 0 amide bonds. The highest BCUT2D eigenvalue weighted by Gasteiger charge is 1.98. The average Bonchev–Trinajstić information content (AvgIpc) is 1.98. The summed E-state index contributed by atoms with van der Waals surface area (Å²) >= 11 is 0. The van der Waals surface area contributed by atoms with Crippen LogP contribution < -0.4 is 5.32 Å². The van der Waals surface area contributed by atoms with Gasteiger partial charge in [0.05, 0.1) is 0 Å². The molecule has 0 saturated carbocycles. The zero-order chi connectivity index (χ0) is 9.40. The van der Waals surface area contributed by atoms with E-state index in [4.69, 9.17) is 4.74 Å². The van der Waals surface area contributed by atoms with Gasteiger partial charge in [0.15, 0.2) is 0 Å². The molecule has 0 heterocycles. The quantitative estimate of drug-likeness (QED) is 0.486. The van der Waals surface area contributed by atoms with Crippen LogP contribution in [-0.2, 0) is 4.74 Å². The van der Waals surface area contributed by atoms with E-state index in [1.54, 1.807) is 7.11 Å². The van der Waals surface area contributed by atoms with Crippen molar-refractivity contribution in [2.75, 3.05) is 26.8 Å². The number of ether oxygens (including phenoxy) is 1. The second-order valence-corrected chi connectivity index (χ2v) is 3.50. The standard InChI is InChI=1S/C10H21NO/c1-9(2)5-6-11-7-10(3)8-12-4/h5,10-11H,6-8H2,1-4H3. The molecule has 1 unspecified atom stereocenters. The molecular weight excluding hydrogens is 150 g/mol. The minimum absolute atomic E-state index is 0.598. The summed E-state index contributed by atoms with van der Waals surface area (Å²) in [6.45, 7) is 9.23. The van der Waals surface area contributed by atoms with Gasteiger partial charge in [-0.1, -0.05) is 18.6 Å². The highest BCUT2D eigenvalue weighted by molar-refractivity contribution is 4.94. The van der Waals surface area contributed by atoms with Gasteiger partial charge in [-0.25, -0.2) is 0 Å². The van der Waals surface area contributed by atoms with E-state index in [1.165, 1.54) is 5.57 Å². The second-order valence-electron chi connectivity index (χ2n) is 3.50. The van der Waals surface area contributed by atoms with Gasteiger partial charge in [0, 0.05) is 26.8 Å². The molecular formula is C10H21NO. The van der Waals surface area contributed by atoms with Gasteiger partial charge in [0.2, 0.25) is 0 Å². The number of hydrogen-bond acceptors (Lipinski definition) is 2. The number of hydrogen-bond donors (Lipinski definition) is 1. The topological polar surface area (TPSA) is 21.3 Å². The van der Waals surface area contributed by atoms with Crippen molar-refractivity contribution in [2.24, 2.45) is 5.92 Å². The third-order valence-corrected chi connectivity index (χ3v) is 1.60. The molecule has 0 radical (unpaired) electrons. The van der Waals surface area contributed by atoms with Gasteiger partial charge in [0.25, 0.3) is 0 Å². The molecule has 0 aliphatic rings.